The lowest BCUT2D eigenvalue weighted by Gasteiger charge is -2.09. The van der Waals surface area contributed by atoms with E-state index in [2.05, 4.69) is 10.4 Å². The molecule has 0 radical (unpaired) electrons. The van der Waals surface area contributed by atoms with Crippen LogP contribution >= 0.6 is 0 Å². The molecule has 1 aromatic heterocycles. The fourth-order valence-electron chi connectivity index (χ4n) is 1.90. The second-order valence-electron chi connectivity index (χ2n) is 4.88. The molecule has 1 aromatic rings. The molecule has 0 fully saturated rings. The Balaban J connectivity index is 2.47. The summed E-state index contributed by atoms with van der Waals surface area (Å²) in [6, 6.07) is 1.86. The maximum Gasteiger partial charge on any atom is 0.269 e. The van der Waals surface area contributed by atoms with Crippen LogP contribution in [0.1, 0.15) is 49.8 Å². The molecule has 0 aliphatic rings. The SMILES string of the molecule is CCc1cc(C(=O)NCCCC(C)CO)n(CC)n1. The Morgan fingerprint density at radius 3 is 2.84 bits per heavy atom. The Morgan fingerprint density at radius 2 is 2.26 bits per heavy atom. The zero-order valence-electron chi connectivity index (χ0n) is 12.1. The van der Waals surface area contributed by atoms with E-state index in [4.69, 9.17) is 5.11 Å². The minimum Gasteiger partial charge on any atom is -0.396 e. The molecular formula is C14H25N3O2. The van der Waals surface area contributed by atoms with E-state index in [1.165, 1.54) is 0 Å². The van der Waals surface area contributed by atoms with Gasteiger partial charge in [0.05, 0.1) is 5.69 Å². The van der Waals surface area contributed by atoms with Gasteiger partial charge >= 0.3 is 0 Å². The van der Waals surface area contributed by atoms with Gasteiger partial charge in [-0.2, -0.15) is 5.10 Å². The van der Waals surface area contributed by atoms with Gasteiger partial charge in [0.25, 0.3) is 5.91 Å². The summed E-state index contributed by atoms with van der Waals surface area (Å²) in [6.45, 7) is 7.55. The molecule has 0 spiro atoms. The van der Waals surface area contributed by atoms with E-state index in [0.717, 1.165) is 25.0 Å². The fraction of sp³-hybridized carbons (Fsp3) is 0.714. The second-order valence-corrected chi connectivity index (χ2v) is 4.88. The fourth-order valence-corrected chi connectivity index (χ4v) is 1.90. The average molecular weight is 267 g/mol. The van der Waals surface area contributed by atoms with Crippen molar-refractivity contribution >= 4 is 5.91 Å². The molecule has 0 saturated heterocycles. The van der Waals surface area contributed by atoms with Gasteiger partial charge in [-0.1, -0.05) is 13.8 Å². The minimum absolute atomic E-state index is 0.0642. The van der Waals surface area contributed by atoms with Crippen molar-refractivity contribution in [3.8, 4) is 0 Å². The van der Waals surface area contributed by atoms with Crippen molar-refractivity contribution in [3.05, 3.63) is 17.5 Å². The van der Waals surface area contributed by atoms with Gasteiger partial charge < -0.3 is 10.4 Å². The molecule has 108 valence electrons. The molecule has 5 heteroatoms. The standard InChI is InChI=1S/C14H25N3O2/c1-4-12-9-13(17(5-2)16-12)14(19)15-8-6-7-11(3)10-18/h9,11,18H,4-8,10H2,1-3H3,(H,15,19). The number of hydrogen-bond acceptors (Lipinski definition) is 3. The number of hydrogen-bond donors (Lipinski definition) is 2. The van der Waals surface area contributed by atoms with E-state index in [0.29, 0.717) is 24.7 Å². The number of aliphatic hydroxyl groups excluding tert-OH is 1. The van der Waals surface area contributed by atoms with E-state index in [1.54, 1.807) is 4.68 Å². The third-order valence-corrected chi connectivity index (χ3v) is 3.20. The van der Waals surface area contributed by atoms with Crippen molar-refractivity contribution in [1.29, 1.82) is 0 Å². The third kappa shape index (κ3) is 4.67. The number of nitrogens with zero attached hydrogens (tertiary/aromatic N) is 2. The largest absolute Gasteiger partial charge is 0.396 e. The molecule has 0 aliphatic carbocycles. The predicted octanol–water partition coefficient (Wildman–Crippen LogP) is 1.60. The van der Waals surface area contributed by atoms with Gasteiger partial charge in [0.15, 0.2) is 0 Å². The molecule has 2 N–H and O–H groups in total. The molecule has 0 saturated carbocycles. The van der Waals surface area contributed by atoms with Crippen molar-refractivity contribution in [2.75, 3.05) is 13.2 Å². The van der Waals surface area contributed by atoms with Crippen LogP contribution in [0.25, 0.3) is 0 Å². The summed E-state index contributed by atoms with van der Waals surface area (Å²) in [6.07, 6.45) is 2.64. The number of rotatable bonds is 8. The molecule has 1 unspecified atom stereocenters. The Bertz CT molecular complexity index is 401. The van der Waals surface area contributed by atoms with Gasteiger partial charge in [-0.15, -0.1) is 0 Å². The van der Waals surface area contributed by atoms with E-state index in [1.807, 2.05) is 26.8 Å². The summed E-state index contributed by atoms with van der Waals surface area (Å²) < 4.78 is 1.74. The lowest BCUT2D eigenvalue weighted by atomic mass is 10.1. The molecule has 1 heterocycles. The lowest BCUT2D eigenvalue weighted by Crippen LogP contribution is -2.27. The van der Waals surface area contributed by atoms with Crippen LogP contribution in [-0.4, -0.2) is 33.9 Å². The van der Waals surface area contributed by atoms with Crippen molar-refractivity contribution in [1.82, 2.24) is 15.1 Å². The molecule has 19 heavy (non-hydrogen) atoms. The normalized spacial score (nSPS) is 12.4. The van der Waals surface area contributed by atoms with Crippen molar-refractivity contribution < 1.29 is 9.90 Å². The molecule has 0 bridgehead atoms. The van der Waals surface area contributed by atoms with E-state index in [9.17, 15) is 4.79 Å². The molecule has 1 atom stereocenters. The average Bonchev–Trinajstić information content (AvgIpc) is 2.86. The smallest absolute Gasteiger partial charge is 0.269 e. The Labute approximate surface area is 115 Å². The van der Waals surface area contributed by atoms with Gasteiger partial charge in [-0.05, 0) is 38.2 Å². The highest BCUT2D eigenvalue weighted by molar-refractivity contribution is 5.92. The highest BCUT2D eigenvalue weighted by atomic mass is 16.3. The van der Waals surface area contributed by atoms with Crippen LogP contribution in [0, 0.1) is 5.92 Å². The van der Waals surface area contributed by atoms with Crippen LogP contribution in [0.15, 0.2) is 6.07 Å². The predicted molar refractivity (Wildman–Crippen MR) is 75.1 cm³/mol. The topological polar surface area (TPSA) is 67.2 Å². The van der Waals surface area contributed by atoms with Crippen LogP contribution in [0.5, 0.6) is 0 Å². The maximum atomic E-state index is 12.0. The monoisotopic (exact) mass is 267 g/mol. The summed E-state index contributed by atoms with van der Waals surface area (Å²) in [7, 11) is 0. The minimum atomic E-state index is -0.0642. The highest BCUT2D eigenvalue weighted by Gasteiger charge is 2.13. The number of nitrogens with one attached hydrogen (secondary N) is 1. The number of aliphatic hydroxyl groups is 1. The summed E-state index contributed by atoms with van der Waals surface area (Å²) in [4.78, 5) is 12.0. The summed E-state index contributed by atoms with van der Waals surface area (Å²) >= 11 is 0. The summed E-state index contributed by atoms with van der Waals surface area (Å²) in [5.74, 6) is 0.232. The van der Waals surface area contributed by atoms with Gasteiger partial charge in [-0.25, -0.2) is 0 Å². The molecule has 0 aliphatic heterocycles. The Kier molecular flexibility index (Phi) is 6.56. The first-order valence-corrected chi connectivity index (χ1v) is 7.08. The molecule has 1 rings (SSSR count). The van der Waals surface area contributed by atoms with Crippen LogP contribution in [-0.2, 0) is 13.0 Å². The van der Waals surface area contributed by atoms with Crippen molar-refractivity contribution in [2.24, 2.45) is 5.92 Å². The van der Waals surface area contributed by atoms with E-state index < -0.39 is 0 Å². The van der Waals surface area contributed by atoms with E-state index >= 15 is 0 Å². The zero-order valence-corrected chi connectivity index (χ0v) is 12.1. The number of aromatic nitrogens is 2. The Hall–Kier alpha value is -1.36. The third-order valence-electron chi connectivity index (χ3n) is 3.20. The molecule has 1 amide bonds. The maximum absolute atomic E-state index is 12.0. The van der Waals surface area contributed by atoms with Gasteiger partial charge in [0, 0.05) is 19.7 Å². The number of carbonyl (C=O) groups excluding carboxylic acids is 1. The van der Waals surface area contributed by atoms with Crippen LogP contribution in [0.4, 0.5) is 0 Å². The van der Waals surface area contributed by atoms with Crippen molar-refractivity contribution in [3.63, 3.8) is 0 Å². The molecule has 0 aromatic carbocycles. The van der Waals surface area contributed by atoms with Gasteiger partial charge in [0.1, 0.15) is 5.69 Å². The van der Waals surface area contributed by atoms with E-state index in [-0.39, 0.29) is 12.5 Å². The van der Waals surface area contributed by atoms with Crippen LogP contribution < -0.4 is 5.32 Å². The second kappa shape index (κ2) is 7.94. The number of amides is 1. The first-order chi connectivity index (χ1) is 9.12. The highest BCUT2D eigenvalue weighted by Crippen LogP contribution is 2.06. The lowest BCUT2D eigenvalue weighted by molar-refractivity contribution is 0.0941. The first kappa shape index (κ1) is 15.7. The number of aryl methyl sites for hydroxylation is 2. The van der Waals surface area contributed by atoms with Crippen LogP contribution in [0.3, 0.4) is 0 Å². The quantitative estimate of drug-likeness (QED) is 0.703. The van der Waals surface area contributed by atoms with Crippen LogP contribution in [0.2, 0.25) is 0 Å². The van der Waals surface area contributed by atoms with Crippen molar-refractivity contribution in [2.45, 2.75) is 46.6 Å². The summed E-state index contributed by atoms with van der Waals surface area (Å²) in [5.41, 5.74) is 1.58. The first-order valence-electron chi connectivity index (χ1n) is 7.08. The van der Waals surface area contributed by atoms with Gasteiger partial charge in [-0.3, -0.25) is 9.48 Å². The number of carbonyl (C=O) groups is 1. The van der Waals surface area contributed by atoms with Gasteiger partial charge in [0.2, 0.25) is 0 Å². The summed E-state index contributed by atoms with van der Waals surface area (Å²) in [5, 5.41) is 16.2. The molecular weight excluding hydrogens is 242 g/mol. The molecule has 5 nitrogen and oxygen atoms in total. The zero-order chi connectivity index (χ0) is 14.3. The Morgan fingerprint density at radius 1 is 1.53 bits per heavy atom.